The third kappa shape index (κ3) is 3.66. The minimum Gasteiger partial charge on any atom is -0.380 e. The van der Waals surface area contributed by atoms with E-state index in [-0.39, 0.29) is 23.7 Å². The molecule has 1 amide bonds. The first-order valence-electron chi connectivity index (χ1n) is 9.76. The Morgan fingerprint density at radius 1 is 1.28 bits per heavy atom. The molecule has 0 saturated heterocycles. The minimum absolute atomic E-state index is 0.0204. The number of hydrogen-bond acceptors (Lipinski definition) is 4. The van der Waals surface area contributed by atoms with Crippen molar-refractivity contribution in [1.29, 1.82) is 5.26 Å². The molecule has 2 atom stereocenters. The SMILES string of the molecule is CNC(=O)[C@H]1CCCC[C@@H]1Nc1c(C#N)cnc2[nH]c(-c3ccc(F)cc3)cc12. The fourth-order valence-corrected chi connectivity index (χ4v) is 4.09. The van der Waals surface area contributed by atoms with E-state index in [9.17, 15) is 14.4 Å². The van der Waals surface area contributed by atoms with E-state index in [0.29, 0.717) is 16.9 Å². The molecular formula is C22H22FN5O. The van der Waals surface area contributed by atoms with Gasteiger partial charge in [-0.15, -0.1) is 0 Å². The number of amides is 1. The molecule has 148 valence electrons. The molecule has 3 N–H and O–H groups in total. The van der Waals surface area contributed by atoms with E-state index < -0.39 is 0 Å². The first kappa shape index (κ1) is 18.9. The number of anilines is 1. The van der Waals surface area contributed by atoms with E-state index in [4.69, 9.17) is 0 Å². The highest BCUT2D eigenvalue weighted by molar-refractivity contribution is 5.96. The van der Waals surface area contributed by atoms with Crippen LogP contribution in [0.4, 0.5) is 10.1 Å². The van der Waals surface area contributed by atoms with Gasteiger partial charge < -0.3 is 15.6 Å². The monoisotopic (exact) mass is 391 g/mol. The Balaban J connectivity index is 1.75. The maximum absolute atomic E-state index is 13.3. The number of hydrogen-bond donors (Lipinski definition) is 3. The van der Waals surface area contributed by atoms with Gasteiger partial charge in [-0.3, -0.25) is 4.79 Å². The van der Waals surface area contributed by atoms with Crippen LogP contribution in [0.15, 0.2) is 36.5 Å². The fourth-order valence-electron chi connectivity index (χ4n) is 4.09. The van der Waals surface area contributed by atoms with Crippen molar-refractivity contribution in [1.82, 2.24) is 15.3 Å². The molecule has 0 bridgehead atoms. The number of nitriles is 1. The van der Waals surface area contributed by atoms with Crippen molar-refractivity contribution in [3.63, 3.8) is 0 Å². The van der Waals surface area contributed by atoms with E-state index in [2.05, 4.69) is 26.7 Å². The third-order valence-corrected chi connectivity index (χ3v) is 5.61. The summed E-state index contributed by atoms with van der Waals surface area (Å²) in [5.74, 6) is -0.416. The Morgan fingerprint density at radius 2 is 2.03 bits per heavy atom. The maximum Gasteiger partial charge on any atom is 0.224 e. The summed E-state index contributed by atoms with van der Waals surface area (Å²) in [6.07, 6.45) is 5.28. The molecule has 0 radical (unpaired) electrons. The zero-order valence-corrected chi connectivity index (χ0v) is 16.1. The van der Waals surface area contributed by atoms with Crippen molar-refractivity contribution >= 4 is 22.6 Å². The van der Waals surface area contributed by atoms with Crippen molar-refractivity contribution in [3.8, 4) is 17.3 Å². The van der Waals surface area contributed by atoms with Gasteiger partial charge in [0, 0.05) is 30.4 Å². The number of rotatable bonds is 4. The Labute approximate surface area is 168 Å². The Morgan fingerprint density at radius 3 is 2.76 bits per heavy atom. The molecular weight excluding hydrogens is 369 g/mol. The maximum atomic E-state index is 13.3. The standard InChI is InChI=1S/C22H22FN5O/c1-25-22(29)16-4-2-3-5-18(16)27-20-14(11-24)12-26-21-17(20)10-19(28-21)13-6-8-15(23)9-7-13/h6-10,12,16,18H,2-5H2,1H3,(H,25,29)(H2,26,27,28)/t16-,18-/m0/s1. The average Bonchev–Trinajstić information content (AvgIpc) is 3.19. The summed E-state index contributed by atoms with van der Waals surface area (Å²) >= 11 is 0. The van der Waals surface area contributed by atoms with Crippen LogP contribution in [-0.4, -0.2) is 29.0 Å². The molecule has 1 saturated carbocycles. The molecule has 0 unspecified atom stereocenters. The summed E-state index contributed by atoms with van der Waals surface area (Å²) in [5.41, 5.74) is 3.37. The van der Waals surface area contributed by atoms with Crippen LogP contribution in [0.3, 0.4) is 0 Å². The number of nitrogens with one attached hydrogen (secondary N) is 3. The van der Waals surface area contributed by atoms with E-state index in [0.717, 1.165) is 42.3 Å². The molecule has 7 heteroatoms. The number of pyridine rings is 1. The molecule has 2 heterocycles. The molecule has 4 rings (SSSR count). The Bertz CT molecular complexity index is 1080. The smallest absolute Gasteiger partial charge is 0.224 e. The van der Waals surface area contributed by atoms with Gasteiger partial charge in [0.05, 0.1) is 17.2 Å². The molecule has 1 aliphatic carbocycles. The summed E-state index contributed by atoms with van der Waals surface area (Å²) in [6.45, 7) is 0. The quantitative estimate of drug-likeness (QED) is 0.628. The second-order valence-electron chi connectivity index (χ2n) is 7.37. The van der Waals surface area contributed by atoms with E-state index in [1.807, 2.05) is 6.07 Å². The molecule has 3 aromatic rings. The number of aromatic amines is 1. The minimum atomic E-state index is -0.297. The number of carbonyl (C=O) groups is 1. The molecule has 1 fully saturated rings. The Hall–Kier alpha value is -3.40. The topological polar surface area (TPSA) is 93.6 Å². The predicted octanol–water partition coefficient (Wildman–Crippen LogP) is 3.96. The summed E-state index contributed by atoms with van der Waals surface area (Å²) in [4.78, 5) is 19.9. The van der Waals surface area contributed by atoms with Crippen LogP contribution >= 0.6 is 0 Å². The largest absolute Gasteiger partial charge is 0.380 e. The number of nitrogens with zero attached hydrogens (tertiary/aromatic N) is 2. The van der Waals surface area contributed by atoms with Gasteiger partial charge in [0.2, 0.25) is 5.91 Å². The van der Waals surface area contributed by atoms with E-state index in [1.54, 1.807) is 19.2 Å². The summed E-state index contributed by atoms with van der Waals surface area (Å²) in [6, 6.07) is 10.3. The zero-order chi connectivity index (χ0) is 20.4. The van der Waals surface area contributed by atoms with Gasteiger partial charge in [0.1, 0.15) is 17.5 Å². The van der Waals surface area contributed by atoms with Crippen molar-refractivity contribution in [2.24, 2.45) is 5.92 Å². The molecule has 0 aliphatic heterocycles. The average molecular weight is 391 g/mol. The highest BCUT2D eigenvalue weighted by Crippen LogP contribution is 2.34. The van der Waals surface area contributed by atoms with Gasteiger partial charge in [-0.25, -0.2) is 9.37 Å². The molecule has 6 nitrogen and oxygen atoms in total. The summed E-state index contributed by atoms with van der Waals surface area (Å²) in [5, 5.41) is 16.6. The van der Waals surface area contributed by atoms with Gasteiger partial charge >= 0.3 is 0 Å². The van der Waals surface area contributed by atoms with Crippen LogP contribution in [-0.2, 0) is 4.79 Å². The summed E-state index contributed by atoms with van der Waals surface area (Å²) < 4.78 is 13.3. The number of H-pyrrole nitrogens is 1. The van der Waals surface area contributed by atoms with E-state index >= 15 is 0 Å². The lowest BCUT2D eigenvalue weighted by Gasteiger charge is -2.32. The van der Waals surface area contributed by atoms with Crippen molar-refractivity contribution in [2.75, 3.05) is 12.4 Å². The van der Waals surface area contributed by atoms with Gasteiger partial charge in [0.25, 0.3) is 0 Å². The number of aromatic nitrogens is 2. The third-order valence-electron chi connectivity index (χ3n) is 5.61. The van der Waals surface area contributed by atoms with Crippen molar-refractivity contribution < 1.29 is 9.18 Å². The zero-order valence-electron chi connectivity index (χ0n) is 16.1. The molecule has 1 aliphatic rings. The lowest BCUT2D eigenvalue weighted by Crippen LogP contribution is -2.42. The summed E-state index contributed by atoms with van der Waals surface area (Å²) in [7, 11) is 1.65. The van der Waals surface area contributed by atoms with Crippen molar-refractivity contribution in [2.45, 2.75) is 31.7 Å². The molecule has 29 heavy (non-hydrogen) atoms. The Kier molecular flexibility index (Phi) is 5.17. The lowest BCUT2D eigenvalue weighted by atomic mass is 9.83. The van der Waals surface area contributed by atoms with E-state index in [1.165, 1.54) is 18.3 Å². The number of carbonyl (C=O) groups excluding carboxylic acids is 1. The second kappa shape index (κ2) is 7.92. The number of fused-ring (bicyclic) bond motifs is 1. The van der Waals surface area contributed by atoms with Crippen LogP contribution in [0.5, 0.6) is 0 Å². The molecule has 0 spiro atoms. The van der Waals surface area contributed by atoms with Gasteiger partial charge in [-0.1, -0.05) is 12.8 Å². The highest BCUT2D eigenvalue weighted by atomic mass is 19.1. The van der Waals surface area contributed by atoms with Gasteiger partial charge in [0.15, 0.2) is 0 Å². The fraction of sp³-hybridized carbons (Fsp3) is 0.318. The predicted molar refractivity (Wildman–Crippen MR) is 110 cm³/mol. The van der Waals surface area contributed by atoms with Crippen LogP contribution in [0, 0.1) is 23.1 Å². The number of halogens is 1. The van der Waals surface area contributed by atoms with Crippen LogP contribution < -0.4 is 10.6 Å². The van der Waals surface area contributed by atoms with Crippen LogP contribution in [0.1, 0.15) is 31.2 Å². The second-order valence-corrected chi connectivity index (χ2v) is 7.37. The van der Waals surface area contributed by atoms with Crippen LogP contribution in [0.25, 0.3) is 22.3 Å². The normalized spacial score (nSPS) is 18.9. The first-order chi connectivity index (χ1) is 14.1. The first-order valence-corrected chi connectivity index (χ1v) is 9.76. The van der Waals surface area contributed by atoms with Crippen molar-refractivity contribution in [3.05, 3.63) is 47.9 Å². The number of benzene rings is 1. The molecule has 1 aromatic carbocycles. The lowest BCUT2D eigenvalue weighted by molar-refractivity contribution is -0.125. The van der Waals surface area contributed by atoms with Crippen LogP contribution in [0.2, 0.25) is 0 Å². The highest BCUT2D eigenvalue weighted by Gasteiger charge is 2.31. The molecule has 2 aromatic heterocycles. The van der Waals surface area contributed by atoms with Gasteiger partial charge in [-0.05, 0) is 48.7 Å². The van der Waals surface area contributed by atoms with Gasteiger partial charge in [-0.2, -0.15) is 5.26 Å².